The van der Waals surface area contributed by atoms with Gasteiger partial charge in [0.05, 0.1) is 7.11 Å². The summed E-state index contributed by atoms with van der Waals surface area (Å²) in [5, 5.41) is 15.4. The van der Waals surface area contributed by atoms with Gasteiger partial charge in [0, 0.05) is 18.8 Å². The van der Waals surface area contributed by atoms with Crippen LogP contribution >= 0.6 is 0 Å². The second-order valence-electron chi connectivity index (χ2n) is 7.65. The molecule has 2 aromatic carbocycles. The van der Waals surface area contributed by atoms with Crippen LogP contribution in [0.4, 0.5) is 0 Å². The molecule has 156 valence electrons. The first kappa shape index (κ1) is 21.4. The number of fused-ring (bicyclic) bond motifs is 1. The molecule has 5 heteroatoms. The summed E-state index contributed by atoms with van der Waals surface area (Å²) < 4.78 is 5.14. The molecule has 0 saturated heterocycles. The first-order valence-corrected chi connectivity index (χ1v) is 10.5. The van der Waals surface area contributed by atoms with E-state index in [1.165, 1.54) is 35.7 Å². The Balaban J connectivity index is 1.52. The fourth-order valence-electron chi connectivity index (χ4n) is 3.68. The van der Waals surface area contributed by atoms with Gasteiger partial charge in [-0.05, 0) is 73.4 Å². The highest BCUT2D eigenvalue weighted by Crippen LogP contribution is 2.24. The molecule has 2 N–H and O–H groups in total. The molecule has 0 aromatic heterocycles. The van der Waals surface area contributed by atoms with E-state index in [0.29, 0.717) is 13.0 Å². The Kier molecular flexibility index (Phi) is 7.51. The minimum absolute atomic E-state index is 0.0210. The lowest BCUT2D eigenvalue weighted by Crippen LogP contribution is -2.28. The van der Waals surface area contributed by atoms with Gasteiger partial charge in [0.1, 0.15) is 17.4 Å². The number of amides is 1. The van der Waals surface area contributed by atoms with Crippen molar-refractivity contribution in [2.45, 2.75) is 45.1 Å². The summed E-state index contributed by atoms with van der Waals surface area (Å²) in [5.41, 5.74) is 5.21. The molecule has 1 unspecified atom stereocenters. The molecule has 1 amide bonds. The lowest BCUT2D eigenvalue weighted by molar-refractivity contribution is -0.117. The Hall–Kier alpha value is -3.26. The predicted octanol–water partition coefficient (Wildman–Crippen LogP) is 3.99. The maximum atomic E-state index is 12.3. The molecule has 0 saturated carbocycles. The number of carbonyl (C=O) groups is 1. The highest BCUT2D eigenvalue weighted by molar-refractivity contribution is 5.97. The monoisotopic (exact) mass is 403 g/mol. The zero-order valence-corrected chi connectivity index (χ0v) is 17.7. The van der Waals surface area contributed by atoms with E-state index in [-0.39, 0.29) is 17.5 Å². The van der Waals surface area contributed by atoms with Crippen LogP contribution in [0.15, 0.2) is 54.2 Å². The van der Waals surface area contributed by atoms with E-state index < -0.39 is 0 Å². The number of nitrogens with one attached hydrogen (secondary N) is 2. The van der Waals surface area contributed by atoms with Crippen molar-refractivity contribution in [3.05, 3.63) is 76.5 Å². The Morgan fingerprint density at radius 3 is 2.60 bits per heavy atom. The third-order valence-electron chi connectivity index (χ3n) is 5.57. The van der Waals surface area contributed by atoms with Crippen molar-refractivity contribution in [1.29, 1.82) is 5.26 Å². The summed E-state index contributed by atoms with van der Waals surface area (Å²) in [7, 11) is 1.63. The molecule has 0 heterocycles. The molecular weight excluding hydrogens is 374 g/mol. The molecule has 0 aliphatic heterocycles. The van der Waals surface area contributed by atoms with Crippen LogP contribution in [0, 0.1) is 11.3 Å². The fraction of sp³-hybridized carbons (Fsp3) is 0.360. The minimum atomic E-state index is -0.365. The highest BCUT2D eigenvalue weighted by Gasteiger charge is 2.13. The number of hydrogen-bond donors (Lipinski definition) is 2. The van der Waals surface area contributed by atoms with E-state index >= 15 is 0 Å². The second-order valence-corrected chi connectivity index (χ2v) is 7.65. The lowest BCUT2D eigenvalue weighted by atomic mass is 9.89. The van der Waals surface area contributed by atoms with E-state index in [2.05, 4.69) is 28.8 Å². The fourth-order valence-corrected chi connectivity index (χ4v) is 3.68. The molecule has 3 rings (SSSR count). The van der Waals surface area contributed by atoms with E-state index in [9.17, 15) is 10.1 Å². The molecule has 0 bridgehead atoms. The number of nitrogens with zero attached hydrogens (tertiary/aromatic N) is 1. The Morgan fingerprint density at radius 1 is 1.17 bits per heavy atom. The van der Waals surface area contributed by atoms with E-state index in [1.807, 2.05) is 37.3 Å². The summed E-state index contributed by atoms with van der Waals surface area (Å²) in [6, 6.07) is 16.3. The van der Waals surface area contributed by atoms with E-state index in [0.717, 1.165) is 24.2 Å². The summed E-state index contributed by atoms with van der Waals surface area (Å²) in [4.78, 5) is 12.3. The van der Waals surface area contributed by atoms with Crippen LogP contribution in [0.3, 0.4) is 0 Å². The molecular formula is C25H29N3O2. The Labute approximate surface area is 178 Å². The van der Waals surface area contributed by atoms with Crippen LogP contribution in [0.2, 0.25) is 0 Å². The number of rotatable bonds is 8. The van der Waals surface area contributed by atoms with Crippen molar-refractivity contribution >= 4 is 5.91 Å². The predicted molar refractivity (Wildman–Crippen MR) is 118 cm³/mol. The number of carbonyl (C=O) groups excluding carboxylic acids is 1. The van der Waals surface area contributed by atoms with Crippen molar-refractivity contribution in [3.63, 3.8) is 0 Å². The van der Waals surface area contributed by atoms with Crippen molar-refractivity contribution in [3.8, 4) is 11.8 Å². The van der Waals surface area contributed by atoms with E-state index in [4.69, 9.17) is 4.74 Å². The topological polar surface area (TPSA) is 74.1 Å². The lowest BCUT2D eigenvalue weighted by Gasteiger charge is -2.19. The van der Waals surface area contributed by atoms with Crippen molar-refractivity contribution in [1.82, 2.24) is 10.6 Å². The Bertz CT molecular complexity index is 942. The zero-order valence-electron chi connectivity index (χ0n) is 17.7. The van der Waals surface area contributed by atoms with Gasteiger partial charge >= 0.3 is 0 Å². The van der Waals surface area contributed by atoms with Crippen molar-refractivity contribution < 1.29 is 9.53 Å². The minimum Gasteiger partial charge on any atom is -0.497 e. The molecule has 0 fully saturated rings. The molecule has 1 aliphatic carbocycles. The van der Waals surface area contributed by atoms with E-state index in [1.54, 1.807) is 7.11 Å². The largest absolute Gasteiger partial charge is 0.497 e. The number of nitriles is 1. The van der Waals surface area contributed by atoms with Gasteiger partial charge in [-0.25, -0.2) is 0 Å². The van der Waals surface area contributed by atoms with Gasteiger partial charge in [0.2, 0.25) is 0 Å². The SMILES string of the molecule is COc1ccc(CCNC(=O)/C(C#N)=C\NC(C)c2ccc3c(c2)CCCC3)cc1. The van der Waals surface area contributed by atoms with Gasteiger partial charge in [-0.2, -0.15) is 5.26 Å². The first-order valence-electron chi connectivity index (χ1n) is 10.5. The van der Waals surface area contributed by atoms with Crippen molar-refractivity contribution in [2.24, 2.45) is 0 Å². The molecule has 2 aromatic rings. The first-order chi connectivity index (χ1) is 14.6. The summed E-state index contributed by atoms with van der Waals surface area (Å²) in [6.45, 7) is 2.50. The van der Waals surface area contributed by atoms with Gasteiger partial charge in [-0.15, -0.1) is 0 Å². The Morgan fingerprint density at radius 2 is 1.90 bits per heavy atom. The van der Waals surface area contributed by atoms with Gasteiger partial charge in [-0.3, -0.25) is 4.79 Å². The van der Waals surface area contributed by atoms with Crippen LogP contribution in [0.25, 0.3) is 0 Å². The van der Waals surface area contributed by atoms with Crippen LogP contribution in [0.1, 0.15) is 48.1 Å². The molecule has 0 spiro atoms. The molecule has 0 radical (unpaired) electrons. The number of methoxy groups -OCH3 is 1. The standard InChI is InChI=1S/C25H29N3O2/c1-18(21-10-9-20-5-3-4-6-22(20)15-21)28-17-23(16-26)25(29)27-14-13-19-7-11-24(30-2)12-8-19/h7-12,15,17-18,28H,3-6,13-14H2,1-2H3,(H,27,29)/b23-17-. The highest BCUT2D eigenvalue weighted by atomic mass is 16.5. The summed E-state index contributed by atoms with van der Waals surface area (Å²) in [6.07, 6.45) is 7.01. The van der Waals surface area contributed by atoms with Gasteiger partial charge < -0.3 is 15.4 Å². The average Bonchev–Trinajstić information content (AvgIpc) is 2.79. The van der Waals surface area contributed by atoms with Crippen LogP contribution in [-0.4, -0.2) is 19.6 Å². The third kappa shape index (κ3) is 5.64. The van der Waals surface area contributed by atoms with Crippen molar-refractivity contribution in [2.75, 3.05) is 13.7 Å². The average molecular weight is 404 g/mol. The molecule has 1 atom stereocenters. The second kappa shape index (κ2) is 10.5. The van der Waals surface area contributed by atoms with Crippen LogP contribution < -0.4 is 15.4 Å². The van der Waals surface area contributed by atoms with Crippen LogP contribution in [0.5, 0.6) is 5.75 Å². The zero-order chi connectivity index (χ0) is 21.3. The molecule has 30 heavy (non-hydrogen) atoms. The third-order valence-corrected chi connectivity index (χ3v) is 5.57. The number of ether oxygens (including phenoxy) is 1. The number of hydrogen-bond acceptors (Lipinski definition) is 4. The molecule has 5 nitrogen and oxygen atoms in total. The smallest absolute Gasteiger partial charge is 0.263 e. The quantitative estimate of drug-likeness (QED) is 0.516. The maximum absolute atomic E-state index is 12.3. The number of benzene rings is 2. The van der Waals surface area contributed by atoms with Crippen LogP contribution in [-0.2, 0) is 24.1 Å². The van der Waals surface area contributed by atoms with Gasteiger partial charge in [0.25, 0.3) is 5.91 Å². The summed E-state index contributed by atoms with van der Waals surface area (Å²) >= 11 is 0. The van der Waals surface area contributed by atoms with Gasteiger partial charge in [-0.1, -0.05) is 30.3 Å². The van der Waals surface area contributed by atoms with Gasteiger partial charge in [0.15, 0.2) is 0 Å². The maximum Gasteiger partial charge on any atom is 0.263 e. The molecule has 1 aliphatic rings. The number of aryl methyl sites for hydroxylation is 2. The summed E-state index contributed by atoms with van der Waals surface area (Å²) in [5.74, 6) is 0.438. The normalized spacial score (nSPS) is 14.2.